The van der Waals surface area contributed by atoms with Crippen LogP contribution >= 0.6 is 15.9 Å². The van der Waals surface area contributed by atoms with Gasteiger partial charge in [0.15, 0.2) is 0 Å². The first-order valence-electron chi connectivity index (χ1n) is 6.29. The molecule has 0 heterocycles. The predicted molar refractivity (Wildman–Crippen MR) is 80.6 cm³/mol. The van der Waals surface area contributed by atoms with Crippen molar-refractivity contribution in [3.8, 4) is 0 Å². The van der Waals surface area contributed by atoms with E-state index in [1.54, 1.807) is 6.07 Å². The van der Waals surface area contributed by atoms with E-state index >= 15 is 0 Å². The van der Waals surface area contributed by atoms with Gasteiger partial charge in [-0.25, -0.2) is 0 Å². The Morgan fingerprint density at radius 3 is 2.60 bits per heavy atom. The number of nitrogens with one attached hydrogen (secondary N) is 1. The van der Waals surface area contributed by atoms with Gasteiger partial charge in [-0.2, -0.15) is 0 Å². The number of rotatable bonds is 6. The highest BCUT2D eigenvalue weighted by molar-refractivity contribution is 9.10. The summed E-state index contributed by atoms with van der Waals surface area (Å²) in [7, 11) is 0. The Labute approximate surface area is 126 Å². The fourth-order valence-corrected chi connectivity index (χ4v) is 2.34. The lowest BCUT2D eigenvalue weighted by Gasteiger charge is -2.18. The van der Waals surface area contributed by atoms with Crippen molar-refractivity contribution in [2.45, 2.75) is 26.3 Å². The summed E-state index contributed by atoms with van der Waals surface area (Å²) in [5.74, 6) is 0.0474. The number of nitro groups is 1. The molecule has 0 aliphatic rings. The molecule has 0 fully saturated rings. The highest BCUT2D eigenvalue weighted by Gasteiger charge is 2.17. The molecule has 1 rings (SSSR count). The van der Waals surface area contributed by atoms with E-state index in [2.05, 4.69) is 21.2 Å². The summed E-state index contributed by atoms with van der Waals surface area (Å²) in [4.78, 5) is 22.4. The highest BCUT2D eigenvalue weighted by atomic mass is 79.9. The van der Waals surface area contributed by atoms with Crippen LogP contribution in [0.5, 0.6) is 0 Å². The van der Waals surface area contributed by atoms with E-state index in [1.807, 2.05) is 13.8 Å². The summed E-state index contributed by atoms with van der Waals surface area (Å²) in [5, 5.41) is 13.6. The quantitative estimate of drug-likeness (QED) is 0.612. The standard InChI is InChI=1S/C13H18BrN3O3/c1-8(2)3-11(7-15)16-13(18)9-4-10(14)6-12(5-9)17(19)20/h4-6,8,11H,3,7,15H2,1-2H3,(H,16,18). The van der Waals surface area contributed by atoms with Crippen LogP contribution in [-0.2, 0) is 0 Å². The minimum Gasteiger partial charge on any atom is -0.348 e. The summed E-state index contributed by atoms with van der Waals surface area (Å²) >= 11 is 3.16. The molecule has 7 heteroatoms. The molecule has 0 spiro atoms. The molecule has 0 saturated heterocycles. The molecule has 0 saturated carbocycles. The van der Waals surface area contributed by atoms with E-state index in [-0.39, 0.29) is 23.2 Å². The monoisotopic (exact) mass is 343 g/mol. The molecule has 0 aliphatic heterocycles. The fourth-order valence-electron chi connectivity index (χ4n) is 1.86. The lowest BCUT2D eigenvalue weighted by molar-refractivity contribution is -0.385. The molecule has 1 aromatic carbocycles. The lowest BCUT2D eigenvalue weighted by Crippen LogP contribution is -2.41. The normalized spacial score (nSPS) is 12.2. The number of halogens is 1. The Morgan fingerprint density at radius 2 is 2.10 bits per heavy atom. The first kappa shape index (κ1) is 16.6. The smallest absolute Gasteiger partial charge is 0.271 e. The zero-order valence-electron chi connectivity index (χ0n) is 11.4. The molecular formula is C13H18BrN3O3. The number of nitrogens with two attached hydrogens (primary N) is 1. The summed E-state index contributed by atoms with van der Waals surface area (Å²) < 4.78 is 0.491. The zero-order chi connectivity index (χ0) is 15.3. The molecule has 20 heavy (non-hydrogen) atoms. The molecule has 0 bridgehead atoms. The molecule has 0 aromatic heterocycles. The van der Waals surface area contributed by atoms with E-state index in [0.717, 1.165) is 6.42 Å². The van der Waals surface area contributed by atoms with Crippen LogP contribution in [0.25, 0.3) is 0 Å². The maximum absolute atomic E-state index is 12.1. The molecule has 1 atom stereocenters. The van der Waals surface area contributed by atoms with Crippen LogP contribution in [0.4, 0.5) is 5.69 Å². The first-order valence-corrected chi connectivity index (χ1v) is 7.08. The van der Waals surface area contributed by atoms with Gasteiger partial charge in [-0.1, -0.05) is 29.8 Å². The maximum atomic E-state index is 12.1. The van der Waals surface area contributed by atoms with Crippen LogP contribution in [0.1, 0.15) is 30.6 Å². The van der Waals surface area contributed by atoms with Gasteiger partial charge in [0.05, 0.1) is 4.92 Å². The summed E-state index contributed by atoms with van der Waals surface area (Å²) in [5.41, 5.74) is 5.74. The number of benzene rings is 1. The summed E-state index contributed by atoms with van der Waals surface area (Å²) in [6.45, 7) is 4.41. The second-order valence-corrected chi connectivity index (χ2v) is 5.91. The van der Waals surface area contributed by atoms with E-state index < -0.39 is 4.92 Å². The molecule has 3 N–H and O–H groups in total. The van der Waals surface area contributed by atoms with Gasteiger partial charge in [0, 0.05) is 34.8 Å². The Balaban J connectivity index is 2.88. The van der Waals surface area contributed by atoms with Gasteiger partial charge >= 0.3 is 0 Å². The van der Waals surface area contributed by atoms with Crippen molar-refractivity contribution in [3.63, 3.8) is 0 Å². The molecule has 1 amide bonds. The topological polar surface area (TPSA) is 98.3 Å². The SMILES string of the molecule is CC(C)CC(CN)NC(=O)c1cc(Br)cc([N+](=O)[O-])c1. The molecule has 1 unspecified atom stereocenters. The maximum Gasteiger partial charge on any atom is 0.271 e. The van der Waals surface area contributed by atoms with Gasteiger partial charge in [0.2, 0.25) is 0 Å². The molecule has 0 radical (unpaired) electrons. The number of nitro benzene ring substituents is 1. The molecular weight excluding hydrogens is 326 g/mol. The molecule has 1 aromatic rings. The molecule has 110 valence electrons. The Morgan fingerprint density at radius 1 is 1.45 bits per heavy atom. The van der Waals surface area contributed by atoms with Crippen molar-refractivity contribution in [2.24, 2.45) is 11.7 Å². The fraction of sp³-hybridized carbons (Fsp3) is 0.462. The number of non-ortho nitro benzene ring substituents is 1. The van der Waals surface area contributed by atoms with Gasteiger partial charge in [0.25, 0.3) is 11.6 Å². The Kier molecular flexibility index (Phi) is 6.09. The van der Waals surface area contributed by atoms with E-state index in [9.17, 15) is 14.9 Å². The number of amides is 1. The molecule has 6 nitrogen and oxygen atoms in total. The van der Waals surface area contributed by atoms with Gasteiger partial charge in [-0.05, 0) is 18.4 Å². The second-order valence-electron chi connectivity index (χ2n) is 4.99. The van der Waals surface area contributed by atoms with Crippen molar-refractivity contribution in [1.29, 1.82) is 0 Å². The van der Waals surface area contributed by atoms with Gasteiger partial charge in [0.1, 0.15) is 0 Å². The van der Waals surface area contributed by atoms with Crippen LogP contribution in [0.2, 0.25) is 0 Å². The third-order valence-electron chi connectivity index (χ3n) is 2.73. The summed E-state index contributed by atoms with van der Waals surface area (Å²) in [6, 6.07) is 4.01. The van der Waals surface area contributed by atoms with Crippen molar-refractivity contribution in [3.05, 3.63) is 38.3 Å². The van der Waals surface area contributed by atoms with Crippen molar-refractivity contribution >= 4 is 27.5 Å². The minimum absolute atomic E-state index is 0.127. The second kappa shape index (κ2) is 7.35. The Bertz CT molecular complexity index is 506. The van der Waals surface area contributed by atoms with Crippen molar-refractivity contribution < 1.29 is 9.72 Å². The number of hydrogen-bond donors (Lipinski definition) is 2. The third-order valence-corrected chi connectivity index (χ3v) is 3.19. The van der Waals surface area contributed by atoms with Crippen LogP contribution in [0.15, 0.2) is 22.7 Å². The average molecular weight is 344 g/mol. The highest BCUT2D eigenvalue weighted by Crippen LogP contribution is 2.21. The van der Waals surface area contributed by atoms with E-state index in [4.69, 9.17) is 5.73 Å². The van der Waals surface area contributed by atoms with Crippen LogP contribution in [0, 0.1) is 16.0 Å². The summed E-state index contributed by atoms with van der Waals surface area (Å²) in [6.07, 6.45) is 0.762. The number of carbonyl (C=O) groups excluding carboxylic acids is 1. The van der Waals surface area contributed by atoms with Gasteiger partial charge in [-0.15, -0.1) is 0 Å². The van der Waals surface area contributed by atoms with E-state index in [1.165, 1.54) is 12.1 Å². The van der Waals surface area contributed by atoms with Crippen LogP contribution in [0.3, 0.4) is 0 Å². The zero-order valence-corrected chi connectivity index (χ0v) is 13.0. The van der Waals surface area contributed by atoms with Crippen LogP contribution < -0.4 is 11.1 Å². The largest absolute Gasteiger partial charge is 0.348 e. The number of carbonyl (C=O) groups is 1. The third kappa shape index (κ3) is 4.90. The van der Waals surface area contributed by atoms with Gasteiger partial charge < -0.3 is 11.1 Å². The minimum atomic E-state index is -0.532. The average Bonchev–Trinajstić information content (AvgIpc) is 2.36. The first-order chi connectivity index (χ1) is 9.33. The number of hydrogen-bond acceptors (Lipinski definition) is 4. The predicted octanol–water partition coefficient (Wildman–Crippen LogP) is 2.46. The molecule has 0 aliphatic carbocycles. The Hall–Kier alpha value is -1.47. The lowest BCUT2D eigenvalue weighted by atomic mass is 10.0. The van der Waals surface area contributed by atoms with Crippen LogP contribution in [-0.4, -0.2) is 23.4 Å². The van der Waals surface area contributed by atoms with Gasteiger partial charge in [-0.3, -0.25) is 14.9 Å². The van der Waals surface area contributed by atoms with Crippen molar-refractivity contribution in [1.82, 2.24) is 5.32 Å². The van der Waals surface area contributed by atoms with Crippen molar-refractivity contribution in [2.75, 3.05) is 6.54 Å². The van der Waals surface area contributed by atoms with E-state index in [0.29, 0.717) is 16.9 Å². The number of nitrogens with zero attached hydrogens (tertiary/aromatic N) is 1.